The number of carboxylic acid groups (broad SMARTS) is 1. The molecule has 0 aromatic carbocycles. The van der Waals surface area contributed by atoms with Crippen LogP contribution in [0.3, 0.4) is 0 Å². The Labute approximate surface area is 526 Å². The summed E-state index contributed by atoms with van der Waals surface area (Å²) in [6.07, 6.45) is 85.9. The van der Waals surface area contributed by atoms with Crippen molar-refractivity contribution in [3.05, 3.63) is 72.9 Å². The molecule has 0 aliphatic carbocycles. The highest BCUT2D eigenvalue weighted by Crippen LogP contribution is 2.19. The van der Waals surface area contributed by atoms with Crippen molar-refractivity contribution in [2.45, 2.75) is 347 Å². The quantitative estimate of drug-likeness (QED) is 0.0211. The Kier molecular flexibility index (Phi) is 64.1. The first-order valence-corrected chi connectivity index (χ1v) is 36.1. The van der Waals surface area contributed by atoms with Gasteiger partial charge >= 0.3 is 17.9 Å². The largest absolute Gasteiger partial charge is 0.477 e. The molecule has 2 unspecified atom stereocenters. The molecule has 2 atom stereocenters. The molecule has 0 saturated heterocycles. The van der Waals surface area contributed by atoms with Crippen LogP contribution in [0.4, 0.5) is 0 Å². The van der Waals surface area contributed by atoms with Gasteiger partial charge in [-0.3, -0.25) is 9.59 Å². The maximum absolute atomic E-state index is 13.0. The second-order valence-electron chi connectivity index (χ2n) is 25.5. The fourth-order valence-corrected chi connectivity index (χ4v) is 10.5. The van der Waals surface area contributed by atoms with Crippen molar-refractivity contribution in [2.75, 3.05) is 47.5 Å². The number of unbranched alkanes of at least 4 members (excludes halogenated alkanes) is 40. The number of carbonyl (C=O) groups is 3. The Hall–Kier alpha value is -3.27. The molecule has 9 heteroatoms. The Bertz CT molecular complexity index is 1620. The lowest BCUT2D eigenvalue weighted by atomic mass is 10.0. The summed E-state index contributed by atoms with van der Waals surface area (Å²) < 4.78 is 23.0. The Morgan fingerprint density at radius 1 is 0.365 bits per heavy atom. The summed E-state index contributed by atoms with van der Waals surface area (Å²) in [6, 6.07) is 0. The molecule has 9 nitrogen and oxygen atoms in total. The number of likely N-dealkylation sites (N-methyl/N-ethyl adjacent to an activating group) is 1. The second-order valence-corrected chi connectivity index (χ2v) is 25.5. The molecule has 0 aromatic rings. The maximum atomic E-state index is 13.0. The zero-order valence-corrected chi connectivity index (χ0v) is 56.5. The predicted molar refractivity (Wildman–Crippen MR) is 364 cm³/mol. The molecule has 0 aliphatic rings. The van der Waals surface area contributed by atoms with Gasteiger partial charge in [-0.2, -0.15) is 0 Å². The number of hydrogen-bond donors (Lipinski definition) is 1. The molecule has 494 valence electrons. The van der Waals surface area contributed by atoms with Crippen LogP contribution in [0, 0.1) is 0 Å². The lowest BCUT2D eigenvalue weighted by Gasteiger charge is -2.25. The number of hydrogen-bond acceptors (Lipinski definition) is 7. The smallest absolute Gasteiger partial charge is 0.361 e. The SMILES string of the molecule is CC/C=C\C/C=C\C/C=C\C/C=C\C/C=C\C/C=C\CCCCCCCCCCCCCCC(=O)OC(COC(=O)CCCCCCCCCCCCCCCCCCCCCCCCCCCCCCC)COC(OCC[N+](C)(C)C)C(=O)O. The van der Waals surface area contributed by atoms with Gasteiger partial charge in [-0.15, -0.1) is 0 Å². The number of carbonyl (C=O) groups excluding carboxylic acids is 2. The Morgan fingerprint density at radius 3 is 1.00 bits per heavy atom. The van der Waals surface area contributed by atoms with Gasteiger partial charge in [0.15, 0.2) is 6.10 Å². The van der Waals surface area contributed by atoms with Crippen LogP contribution in [0.2, 0.25) is 0 Å². The average Bonchev–Trinajstić information content (AvgIpc) is 3.49. The zero-order chi connectivity index (χ0) is 61.9. The van der Waals surface area contributed by atoms with E-state index in [1.807, 2.05) is 21.1 Å². The van der Waals surface area contributed by atoms with Gasteiger partial charge in [-0.25, -0.2) is 4.79 Å². The van der Waals surface area contributed by atoms with E-state index in [0.29, 0.717) is 17.4 Å². The molecule has 0 heterocycles. The zero-order valence-electron chi connectivity index (χ0n) is 56.5. The molecular formula is C76H138NO8+. The molecule has 1 N–H and O–H groups in total. The molecule has 0 aromatic heterocycles. The minimum Gasteiger partial charge on any atom is -0.477 e. The summed E-state index contributed by atoms with van der Waals surface area (Å²) in [6.45, 7) is 4.81. The van der Waals surface area contributed by atoms with Crippen LogP contribution in [0.15, 0.2) is 72.9 Å². The van der Waals surface area contributed by atoms with Crippen LogP contribution in [0.1, 0.15) is 335 Å². The normalized spacial score (nSPS) is 13.1. The Balaban J connectivity index is 4.09. The average molecular weight is 1190 g/mol. The van der Waals surface area contributed by atoms with Crippen LogP contribution >= 0.6 is 0 Å². The predicted octanol–water partition coefficient (Wildman–Crippen LogP) is 22.5. The summed E-state index contributed by atoms with van der Waals surface area (Å²) >= 11 is 0. The van der Waals surface area contributed by atoms with Gasteiger partial charge in [0.25, 0.3) is 6.29 Å². The van der Waals surface area contributed by atoms with E-state index >= 15 is 0 Å². The molecular weight excluding hydrogens is 1050 g/mol. The van der Waals surface area contributed by atoms with Gasteiger partial charge in [0.2, 0.25) is 0 Å². The number of ether oxygens (including phenoxy) is 4. The number of rotatable bonds is 67. The van der Waals surface area contributed by atoms with Gasteiger partial charge in [-0.1, -0.05) is 331 Å². The van der Waals surface area contributed by atoms with Crippen molar-refractivity contribution in [1.29, 1.82) is 0 Å². The third-order valence-electron chi connectivity index (χ3n) is 16.0. The molecule has 0 saturated carbocycles. The summed E-state index contributed by atoms with van der Waals surface area (Å²) in [4.78, 5) is 37.7. The summed E-state index contributed by atoms with van der Waals surface area (Å²) in [7, 11) is 5.98. The van der Waals surface area contributed by atoms with Crippen molar-refractivity contribution >= 4 is 17.9 Å². The summed E-state index contributed by atoms with van der Waals surface area (Å²) in [5.41, 5.74) is 0. The van der Waals surface area contributed by atoms with E-state index < -0.39 is 24.3 Å². The van der Waals surface area contributed by atoms with Gasteiger partial charge < -0.3 is 28.5 Å². The first-order valence-electron chi connectivity index (χ1n) is 36.1. The number of quaternary nitrogens is 1. The number of esters is 2. The third kappa shape index (κ3) is 68.1. The molecule has 0 bridgehead atoms. The van der Waals surface area contributed by atoms with Gasteiger partial charge in [0.05, 0.1) is 34.4 Å². The molecule has 0 radical (unpaired) electrons. The van der Waals surface area contributed by atoms with E-state index in [9.17, 15) is 19.5 Å². The van der Waals surface area contributed by atoms with Crippen LogP contribution in [-0.2, 0) is 33.3 Å². The van der Waals surface area contributed by atoms with Crippen molar-refractivity contribution in [2.24, 2.45) is 0 Å². The van der Waals surface area contributed by atoms with Crippen molar-refractivity contribution in [3.8, 4) is 0 Å². The first kappa shape index (κ1) is 81.7. The van der Waals surface area contributed by atoms with E-state index in [0.717, 1.165) is 83.5 Å². The molecule has 0 aliphatic heterocycles. The maximum Gasteiger partial charge on any atom is 0.361 e. The number of aliphatic carboxylic acids is 1. The molecule has 0 amide bonds. The number of carboxylic acids is 1. The van der Waals surface area contributed by atoms with Crippen LogP contribution in [-0.4, -0.2) is 87.4 Å². The van der Waals surface area contributed by atoms with E-state index in [1.54, 1.807) is 0 Å². The van der Waals surface area contributed by atoms with Crippen molar-refractivity contribution < 1.29 is 42.9 Å². The molecule has 0 rings (SSSR count). The number of allylic oxidation sites excluding steroid dienone is 12. The summed E-state index contributed by atoms with van der Waals surface area (Å²) in [5, 5.41) is 9.75. The lowest BCUT2D eigenvalue weighted by molar-refractivity contribution is -0.870. The summed E-state index contributed by atoms with van der Waals surface area (Å²) in [5.74, 6) is -1.99. The van der Waals surface area contributed by atoms with E-state index in [1.165, 1.54) is 225 Å². The lowest BCUT2D eigenvalue weighted by Crippen LogP contribution is -2.40. The monoisotopic (exact) mass is 1190 g/mol. The van der Waals surface area contributed by atoms with E-state index in [4.69, 9.17) is 18.9 Å². The van der Waals surface area contributed by atoms with Crippen LogP contribution < -0.4 is 0 Å². The van der Waals surface area contributed by atoms with E-state index in [-0.39, 0.29) is 32.2 Å². The standard InChI is InChI=1S/C76H137NO8/c1-6-8-10-12-14-16-18-20-22-24-26-28-30-32-34-36-37-39-41-43-45-47-49-51-53-55-57-59-61-63-65-67-74(79)85-72(71-84-76(75(80)81)82-69-68-77(3,4)5)70-83-73(78)66-64-62-60-58-56-54-52-50-48-46-44-42-40-38-35-33-31-29-27-25-23-21-19-17-15-13-11-9-7-2/h8,10,14,16,20,22,26,28,32,34,37,39,72,76H,6-7,9,11-13,15,17-19,21,23-25,27,29-31,33,35-36,38,40-71H2,1-5H3/p+1/b10-8-,16-14-,22-20-,28-26-,34-32-,39-37-. The van der Waals surface area contributed by atoms with Crippen LogP contribution in [0.5, 0.6) is 0 Å². The van der Waals surface area contributed by atoms with Crippen molar-refractivity contribution in [3.63, 3.8) is 0 Å². The van der Waals surface area contributed by atoms with Gasteiger partial charge in [0, 0.05) is 12.8 Å². The van der Waals surface area contributed by atoms with Crippen molar-refractivity contribution in [1.82, 2.24) is 0 Å². The Morgan fingerprint density at radius 2 is 0.671 bits per heavy atom. The highest BCUT2D eigenvalue weighted by atomic mass is 16.7. The van der Waals surface area contributed by atoms with E-state index in [2.05, 4.69) is 86.8 Å². The second kappa shape index (κ2) is 66.7. The molecule has 85 heavy (non-hydrogen) atoms. The van der Waals surface area contributed by atoms with Gasteiger partial charge in [-0.05, 0) is 64.2 Å². The fourth-order valence-electron chi connectivity index (χ4n) is 10.5. The van der Waals surface area contributed by atoms with Crippen LogP contribution in [0.25, 0.3) is 0 Å². The first-order chi connectivity index (χ1) is 41.6. The third-order valence-corrected chi connectivity index (χ3v) is 16.0. The topological polar surface area (TPSA) is 108 Å². The fraction of sp³-hybridized carbons (Fsp3) is 0.803. The minimum absolute atomic E-state index is 0.181. The highest BCUT2D eigenvalue weighted by Gasteiger charge is 2.25. The van der Waals surface area contributed by atoms with Gasteiger partial charge in [0.1, 0.15) is 13.2 Å². The molecule has 0 fully saturated rings. The minimum atomic E-state index is -1.51. The highest BCUT2D eigenvalue weighted by molar-refractivity contribution is 5.71. The molecule has 0 spiro atoms. The number of nitrogens with zero attached hydrogens (tertiary/aromatic N) is 1.